The topological polar surface area (TPSA) is 34.6 Å². The highest BCUT2D eigenvalue weighted by atomic mass is 16.5. The number of ether oxygens (including phenoxy) is 2. The maximum atomic E-state index is 6.18. The summed E-state index contributed by atoms with van der Waals surface area (Å²) in [6.07, 6.45) is 3.11. The molecule has 2 unspecified atom stereocenters. The second-order valence-electron chi connectivity index (χ2n) is 5.46. The zero-order valence-electron chi connectivity index (χ0n) is 12.2. The van der Waals surface area contributed by atoms with Crippen molar-refractivity contribution in [2.45, 2.75) is 25.5 Å². The van der Waals surface area contributed by atoms with Gasteiger partial charge in [-0.25, -0.2) is 0 Å². The molecule has 1 fully saturated rings. The summed E-state index contributed by atoms with van der Waals surface area (Å²) in [5, 5.41) is 1.04. The minimum atomic E-state index is 0.253. The van der Waals surface area contributed by atoms with Crippen LogP contribution in [0.4, 0.5) is 0 Å². The van der Waals surface area contributed by atoms with Crippen molar-refractivity contribution in [3.05, 3.63) is 30.5 Å². The zero-order valence-corrected chi connectivity index (χ0v) is 12.2. The van der Waals surface area contributed by atoms with Crippen LogP contribution in [0.2, 0.25) is 0 Å². The fourth-order valence-corrected chi connectivity index (χ4v) is 2.73. The molecule has 106 valence electrons. The van der Waals surface area contributed by atoms with Gasteiger partial charge in [-0.3, -0.25) is 9.88 Å². The molecule has 4 heteroatoms. The Morgan fingerprint density at radius 1 is 1.30 bits per heavy atom. The summed E-state index contributed by atoms with van der Waals surface area (Å²) in [6.45, 7) is 3.21. The maximum absolute atomic E-state index is 6.18. The summed E-state index contributed by atoms with van der Waals surface area (Å²) in [5.74, 6) is 1.72. The molecule has 1 aliphatic rings. The van der Waals surface area contributed by atoms with Crippen molar-refractivity contribution < 1.29 is 9.47 Å². The summed E-state index contributed by atoms with van der Waals surface area (Å²) in [5.41, 5.74) is 0.904. The molecule has 2 heterocycles. The molecule has 2 aromatic rings. The molecule has 0 radical (unpaired) electrons. The highest BCUT2D eigenvalue weighted by Gasteiger charge is 2.27. The van der Waals surface area contributed by atoms with Gasteiger partial charge in [-0.2, -0.15) is 0 Å². The van der Waals surface area contributed by atoms with Gasteiger partial charge in [-0.05, 0) is 32.2 Å². The van der Waals surface area contributed by atoms with Crippen LogP contribution >= 0.6 is 0 Å². The Balaban J connectivity index is 1.88. The summed E-state index contributed by atoms with van der Waals surface area (Å²) >= 11 is 0. The van der Waals surface area contributed by atoms with Crippen LogP contribution in [0.15, 0.2) is 30.5 Å². The third kappa shape index (κ3) is 2.43. The van der Waals surface area contributed by atoms with E-state index in [0.717, 1.165) is 35.4 Å². The third-order valence-electron chi connectivity index (χ3n) is 4.05. The molecular weight excluding hydrogens is 252 g/mol. The average molecular weight is 272 g/mol. The number of pyridine rings is 1. The number of rotatable bonds is 3. The number of nitrogens with zero attached hydrogens (tertiary/aromatic N) is 2. The van der Waals surface area contributed by atoms with Gasteiger partial charge < -0.3 is 9.47 Å². The fourth-order valence-electron chi connectivity index (χ4n) is 2.73. The number of methoxy groups -OCH3 is 1. The van der Waals surface area contributed by atoms with Crippen molar-refractivity contribution in [1.29, 1.82) is 0 Å². The van der Waals surface area contributed by atoms with Crippen molar-refractivity contribution in [3.8, 4) is 11.5 Å². The Bertz CT molecular complexity index is 604. The highest BCUT2D eigenvalue weighted by molar-refractivity contribution is 5.85. The lowest BCUT2D eigenvalue weighted by molar-refractivity contribution is 0.210. The van der Waals surface area contributed by atoms with Gasteiger partial charge in [0.25, 0.3) is 0 Å². The first-order valence-electron chi connectivity index (χ1n) is 6.97. The van der Waals surface area contributed by atoms with Crippen molar-refractivity contribution in [2.24, 2.45) is 0 Å². The summed E-state index contributed by atoms with van der Waals surface area (Å²) < 4.78 is 11.4. The van der Waals surface area contributed by atoms with Gasteiger partial charge in [0.05, 0.1) is 12.6 Å². The van der Waals surface area contributed by atoms with Crippen LogP contribution in [0.5, 0.6) is 11.5 Å². The van der Waals surface area contributed by atoms with Gasteiger partial charge in [-0.1, -0.05) is 0 Å². The molecule has 1 aromatic carbocycles. The molecule has 1 saturated heterocycles. The standard InChI is InChI=1S/C16H20N2O2/c1-11-8-13(10-18(11)2)20-16-6-7-17-15-9-12(19-3)4-5-14(15)16/h4-7,9,11,13H,8,10H2,1-3H3. The first-order chi connectivity index (χ1) is 9.67. The predicted molar refractivity (Wildman–Crippen MR) is 79.4 cm³/mol. The van der Waals surface area contributed by atoms with Crippen molar-refractivity contribution >= 4 is 10.9 Å². The number of likely N-dealkylation sites (N-methyl/N-ethyl adjacent to an activating group) is 1. The number of hydrogen-bond donors (Lipinski definition) is 0. The number of benzene rings is 1. The van der Waals surface area contributed by atoms with Crippen LogP contribution in [0.1, 0.15) is 13.3 Å². The van der Waals surface area contributed by atoms with Crippen LogP contribution in [-0.4, -0.2) is 42.7 Å². The number of fused-ring (bicyclic) bond motifs is 1. The van der Waals surface area contributed by atoms with Gasteiger partial charge in [-0.15, -0.1) is 0 Å². The predicted octanol–water partition coefficient (Wildman–Crippen LogP) is 2.71. The first-order valence-corrected chi connectivity index (χ1v) is 6.97. The Morgan fingerprint density at radius 2 is 2.15 bits per heavy atom. The lowest BCUT2D eigenvalue weighted by atomic mass is 10.2. The Kier molecular flexibility index (Phi) is 3.49. The number of likely N-dealkylation sites (tertiary alicyclic amines) is 1. The quantitative estimate of drug-likeness (QED) is 0.860. The Labute approximate surface area is 119 Å². The summed E-state index contributed by atoms with van der Waals surface area (Å²) in [4.78, 5) is 6.71. The van der Waals surface area contributed by atoms with Gasteiger partial charge in [0.2, 0.25) is 0 Å². The van der Waals surface area contributed by atoms with E-state index in [1.54, 1.807) is 13.3 Å². The first kappa shape index (κ1) is 13.2. The lowest BCUT2D eigenvalue weighted by Crippen LogP contribution is -2.23. The van der Waals surface area contributed by atoms with E-state index >= 15 is 0 Å². The molecule has 0 bridgehead atoms. The molecule has 3 rings (SSSR count). The van der Waals surface area contributed by atoms with Gasteiger partial charge >= 0.3 is 0 Å². The van der Waals surface area contributed by atoms with E-state index in [0.29, 0.717) is 6.04 Å². The van der Waals surface area contributed by atoms with E-state index in [1.165, 1.54) is 0 Å². The van der Waals surface area contributed by atoms with Crippen LogP contribution in [0.25, 0.3) is 10.9 Å². The van der Waals surface area contributed by atoms with E-state index in [-0.39, 0.29) is 6.10 Å². The number of hydrogen-bond acceptors (Lipinski definition) is 4. The SMILES string of the molecule is COc1ccc2c(OC3CC(C)N(C)C3)ccnc2c1. The molecule has 0 aliphatic carbocycles. The molecule has 20 heavy (non-hydrogen) atoms. The van der Waals surface area contributed by atoms with E-state index in [2.05, 4.69) is 23.9 Å². The van der Waals surface area contributed by atoms with Crippen LogP contribution in [-0.2, 0) is 0 Å². The van der Waals surface area contributed by atoms with Gasteiger partial charge in [0.15, 0.2) is 0 Å². The Morgan fingerprint density at radius 3 is 2.85 bits per heavy atom. The Hall–Kier alpha value is -1.81. The van der Waals surface area contributed by atoms with E-state index in [9.17, 15) is 0 Å². The molecule has 0 saturated carbocycles. The lowest BCUT2D eigenvalue weighted by Gasteiger charge is -2.15. The zero-order chi connectivity index (χ0) is 14.1. The summed E-state index contributed by atoms with van der Waals surface area (Å²) in [6, 6.07) is 8.41. The highest BCUT2D eigenvalue weighted by Crippen LogP contribution is 2.29. The van der Waals surface area contributed by atoms with Crippen molar-refractivity contribution in [2.75, 3.05) is 20.7 Å². The molecule has 0 amide bonds. The number of aromatic nitrogens is 1. The minimum Gasteiger partial charge on any atom is -0.497 e. The van der Waals surface area contributed by atoms with Crippen LogP contribution in [0, 0.1) is 0 Å². The van der Waals surface area contributed by atoms with Gasteiger partial charge in [0, 0.05) is 36.7 Å². The maximum Gasteiger partial charge on any atom is 0.130 e. The van der Waals surface area contributed by atoms with E-state index in [4.69, 9.17) is 9.47 Å². The average Bonchev–Trinajstić information content (AvgIpc) is 2.77. The molecule has 4 nitrogen and oxygen atoms in total. The van der Waals surface area contributed by atoms with Crippen LogP contribution in [0.3, 0.4) is 0 Å². The monoisotopic (exact) mass is 272 g/mol. The third-order valence-corrected chi connectivity index (χ3v) is 4.05. The van der Waals surface area contributed by atoms with Crippen molar-refractivity contribution in [3.63, 3.8) is 0 Å². The molecule has 2 atom stereocenters. The molecule has 0 spiro atoms. The normalized spacial score (nSPS) is 23.1. The smallest absolute Gasteiger partial charge is 0.130 e. The van der Waals surface area contributed by atoms with Crippen LogP contribution < -0.4 is 9.47 Å². The van der Waals surface area contributed by atoms with Crippen molar-refractivity contribution in [1.82, 2.24) is 9.88 Å². The van der Waals surface area contributed by atoms with E-state index < -0.39 is 0 Å². The largest absolute Gasteiger partial charge is 0.497 e. The molecule has 0 N–H and O–H groups in total. The molecular formula is C16H20N2O2. The minimum absolute atomic E-state index is 0.253. The summed E-state index contributed by atoms with van der Waals surface area (Å²) in [7, 11) is 3.81. The second kappa shape index (κ2) is 5.29. The second-order valence-corrected chi connectivity index (χ2v) is 5.46. The fraction of sp³-hybridized carbons (Fsp3) is 0.438. The molecule has 1 aromatic heterocycles. The van der Waals surface area contributed by atoms with E-state index in [1.807, 2.05) is 24.3 Å². The molecule has 1 aliphatic heterocycles. The van der Waals surface area contributed by atoms with Gasteiger partial charge in [0.1, 0.15) is 17.6 Å².